The Morgan fingerprint density at radius 2 is 1.69 bits per heavy atom. The van der Waals surface area contributed by atoms with E-state index in [4.69, 9.17) is 27.9 Å². The topological polar surface area (TPSA) is 74.8 Å². The van der Waals surface area contributed by atoms with Gasteiger partial charge in [0.1, 0.15) is 5.75 Å². The third-order valence-corrected chi connectivity index (χ3v) is 4.67. The van der Waals surface area contributed by atoms with Gasteiger partial charge >= 0.3 is 0 Å². The van der Waals surface area contributed by atoms with Gasteiger partial charge in [-0.15, -0.1) is 24.0 Å². The number of guanidine groups is 1. The van der Waals surface area contributed by atoms with Gasteiger partial charge in [-0.25, -0.2) is 0 Å². The largest absolute Gasteiger partial charge is 0.497 e. The van der Waals surface area contributed by atoms with Crippen molar-refractivity contribution >= 4 is 59.0 Å². The number of aliphatic imine (C=N–C) groups is 1. The molecule has 158 valence electrons. The maximum Gasteiger partial charge on any atom is 0.252 e. The molecule has 3 N–H and O–H groups in total. The molecule has 2 aromatic carbocycles. The lowest BCUT2D eigenvalue weighted by molar-refractivity contribution is 0.0954. The molecule has 0 atom stereocenters. The van der Waals surface area contributed by atoms with Gasteiger partial charge in [0.05, 0.1) is 17.7 Å². The lowest BCUT2D eigenvalue weighted by Gasteiger charge is -2.13. The van der Waals surface area contributed by atoms with Crippen LogP contribution in [0.2, 0.25) is 10.0 Å². The zero-order chi connectivity index (χ0) is 20.4. The molecule has 0 fully saturated rings. The maximum absolute atomic E-state index is 12.1. The molecular formula is C20H25Cl2IN4O2. The highest BCUT2D eigenvalue weighted by molar-refractivity contribution is 14.0. The van der Waals surface area contributed by atoms with Gasteiger partial charge in [-0.3, -0.25) is 9.79 Å². The highest BCUT2D eigenvalue weighted by Crippen LogP contribution is 2.22. The normalized spacial score (nSPS) is 10.7. The molecule has 0 saturated heterocycles. The summed E-state index contributed by atoms with van der Waals surface area (Å²) in [5, 5.41) is 10.3. The molecule has 0 saturated carbocycles. The summed E-state index contributed by atoms with van der Waals surface area (Å²) in [6.45, 7) is 1.63. The van der Waals surface area contributed by atoms with Gasteiger partial charge < -0.3 is 20.7 Å². The number of hydrogen-bond acceptors (Lipinski definition) is 3. The van der Waals surface area contributed by atoms with E-state index in [0.29, 0.717) is 41.2 Å². The Kier molecular flexibility index (Phi) is 11.8. The van der Waals surface area contributed by atoms with Crippen LogP contribution in [-0.4, -0.2) is 45.7 Å². The van der Waals surface area contributed by atoms with E-state index < -0.39 is 0 Å². The number of benzene rings is 2. The van der Waals surface area contributed by atoms with Crippen molar-refractivity contribution in [3.05, 3.63) is 63.6 Å². The monoisotopic (exact) mass is 550 g/mol. The van der Waals surface area contributed by atoms with Crippen LogP contribution in [0.15, 0.2) is 47.5 Å². The third kappa shape index (κ3) is 8.28. The van der Waals surface area contributed by atoms with Crippen molar-refractivity contribution < 1.29 is 9.53 Å². The van der Waals surface area contributed by atoms with Gasteiger partial charge in [0, 0.05) is 31.7 Å². The average molecular weight is 551 g/mol. The maximum atomic E-state index is 12.1. The van der Waals surface area contributed by atoms with Crippen LogP contribution in [0.25, 0.3) is 0 Å². The first kappa shape index (κ1) is 25.3. The van der Waals surface area contributed by atoms with E-state index in [1.807, 2.05) is 12.1 Å². The minimum absolute atomic E-state index is 0. The molecule has 0 aromatic heterocycles. The Morgan fingerprint density at radius 3 is 2.34 bits per heavy atom. The molecule has 0 unspecified atom stereocenters. The summed E-state index contributed by atoms with van der Waals surface area (Å²) in [5.41, 5.74) is 1.49. The van der Waals surface area contributed by atoms with Gasteiger partial charge in [0.15, 0.2) is 5.96 Å². The SMILES string of the molecule is CN=C(NCCNC(=O)c1ccccc1Cl)NCCc1ccc(OC)cc1Cl.I. The van der Waals surface area contributed by atoms with Crippen molar-refractivity contribution in [3.63, 3.8) is 0 Å². The summed E-state index contributed by atoms with van der Waals surface area (Å²) in [6, 6.07) is 12.6. The summed E-state index contributed by atoms with van der Waals surface area (Å²) in [4.78, 5) is 16.3. The third-order valence-electron chi connectivity index (χ3n) is 3.99. The Bertz CT molecular complexity index is 834. The highest BCUT2D eigenvalue weighted by Gasteiger charge is 2.08. The minimum Gasteiger partial charge on any atom is -0.497 e. The van der Waals surface area contributed by atoms with Crippen molar-refractivity contribution in [2.75, 3.05) is 33.8 Å². The molecule has 0 radical (unpaired) electrons. The quantitative estimate of drug-likeness (QED) is 0.202. The molecule has 0 aliphatic carbocycles. The van der Waals surface area contributed by atoms with Crippen molar-refractivity contribution in [3.8, 4) is 5.75 Å². The predicted octanol–water partition coefficient (Wildman–Crippen LogP) is 3.76. The van der Waals surface area contributed by atoms with Crippen LogP contribution in [0, 0.1) is 0 Å². The van der Waals surface area contributed by atoms with Gasteiger partial charge in [-0.2, -0.15) is 0 Å². The fraction of sp³-hybridized carbons (Fsp3) is 0.300. The molecule has 1 amide bonds. The number of ether oxygens (including phenoxy) is 1. The molecule has 29 heavy (non-hydrogen) atoms. The van der Waals surface area contributed by atoms with Crippen LogP contribution >= 0.6 is 47.2 Å². The van der Waals surface area contributed by atoms with Crippen LogP contribution in [0.3, 0.4) is 0 Å². The van der Waals surface area contributed by atoms with E-state index in [1.54, 1.807) is 44.5 Å². The average Bonchev–Trinajstić information content (AvgIpc) is 2.70. The molecule has 0 bridgehead atoms. The van der Waals surface area contributed by atoms with Crippen LogP contribution in [0.5, 0.6) is 5.75 Å². The molecule has 0 heterocycles. The number of amides is 1. The highest BCUT2D eigenvalue weighted by atomic mass is 127. The first-order valence-corrected chi connectivity index (χ1v) is 9.60. The summed E-state index contributed by atoms with van der Waals surface area (Å²) >= 11 is 12.3. The number of carbonyl (C=O) groups excluding carboxylic acids is 1. The van der Waals surface area contributed by atoms with Crippen LogP contribution < -0.4 is 20.7 Å². The molecule has 9 heteroatoms. The molecule has 0 spiro atoms. The molecular weight excluding hydrogens is 526 g/mol. The fourth-order valence-corrected chi connectivity index (χ4v) is 2.98. The van der Waals surface area contributed by atoms with E-state index in [-0.39, 0.29) is 29.9 Å². The van der Waals surface area contributed by atoms with E-state index >= 15 is 0 Å². The molecule has 2 rings (SSSR count). The van der Waals surface area contributed by atoms with Gasteiger partial charge in [0.2, 0.25) is 0 Å². The molecule has 0 aliphatic rings. The first-order valence-electron chi connectivity index (χ1n) is 8.84. The Balaban J connectivity index is 0.00000420. The second-order valence-electron chi connectivity index (χ2n) is 5.87. The summed E-state index contributed by atoms with van der Waals surface area (Å²) in [7, 11) is 3.30. The first-order chi connectivity index (χ1) is 13.5. The van der Waals surface area contributed by atoms with Crippen molar-refractivity contribution in [1.29, 1.82) is 0 Å². The number of halogens is 3. The van der Waals surface area contributed by atoms with Crippen molar-refractivity contribution in [2.45, 2.75) is 6.42 Å². The molecule has 2 aromatic rings. The van der Waals surface area contributed by atoms with E-state index in [9.17, 15) is 4.79 Å². The van der Waals surface area contributed by atoms with E-state index in [1.165, 1.54) is 0 Å². The predicted molar refractivity (Wildman–Crippen MR) is 130 cm³/mol. The standard InChI is InChI=1S/C20H24Cl2N4O2.HI/c1-23-20(25-10-9-14-7-8-15(28-2)13-18(14)22)26-12-11-24-19(27)16-5-3-4-6-17(16)21;/h3-8,13H,9-12H2,1-2H3,(H,24,27)(H2,23,25,26);1H. The zero-order valence-corrected chi connectivity index (χ0v) is 20.1. The smallest absolute Gasteiger partial charge is 0.252 e. The number of hydrogen-bond donors (Lipinski definition) is 3. The number of carbonyl (C=O) groups is 1. The van der Waals surface area contributed by atoms with Crippen molar-refractivity contribution in [1.82, 2.24) is 16.0 Å². The summed E-state index contributed by atoms with van der Waals surface area (Å²) in [5.74, 6) is 1.18. The van der Waals surface area contributed by atoms with Gasteiger partial charge in [-0.05, 0) is 36.2 Å². The Morgan fingerprint density at radius 1 is 1.00 bits per heavy atom. The molecule has 6 nitrogen and oxygen atoms in total. The molecule has 0 aliphatic heterocycles. The van der Waals surface area contributed by atoms with E-state index in [0.717, 1.165) is 17.7 Å². The summed E-state index contributed by atoms with van der Waals surface area (Å²) < 4.78 is 5.15. The number of nitrogens with one attached hydrogen (secondary N) is 3. The second kappa shape index (κ2) is 13.5. The van der Waals surface area contributed by atoms with Gasteiger partial charge in [0.25, 0.3) is 5.91 Å². The Hall–Kier alpha value is -1.71. The van der Waals surface area contributed by atoms with Crippen LogP contribution in [-0.2, 0) is 6.42 Å². The summed E-state index contributed by atoms with van der Waals surface area (Å²) in [6.07, 6.45) is 0.743. The van der Waals surface area contributed by atoms with Gasteiger partial charge in [-0.1, -0.05) is 41.4 Å². The number of methoxy groups -OCH3 is 1. The van der Waals surface area contributed by atoms with Crippen LogP contribution in [0.4, 0.5) is 0 Å². The minimum atomic E-state index is -0.204. The van der Waals surface area contributed by atoms with Crippen LogP contribution in [0.1, 0.15) is 15.9 Å². The van der Waals surface area contributed by atoms with Crippen molar-refractivity contribution in [2.24, 2.45) is 4.99 Å². The number of nitrogens with zero attached hydrogens (tertiary/aromatic N) is 1. The number of rotatable bonds is 8. The lowest BCUT2D eigenvalue weighted by atomic mass is 10.1. The fourth-order valence-electron chi connectivity index (χ4n) is 2.49. The van der Waals surface area contributed by atoms with E-state index in [2.05, 4.69) is 20.9 Å². The lowest BCUT2D eigenvalue weighted by Crippen LogP contribution is -2.42. The second-order valence-corrected chi connectivity index (χ2v) is 6.68. The zero-order valence-electron chi connectivity index (χ0n) is 16.3. The Labute approximate surface area is 198 Å².